The number of carboxylic acids is 1. The first kappa shape index (κ1) is 19.0. The molecule has 1 heterocycles. The summed E-state index contributed by atoms with van der Waals surface area (Å²) < 4.78 is 15.0. The molecule has 0 saturated heterocycles. The largest absolute Gasteiger partial charge is 0.479 e. The molecule has 0 aliphatic rings. The van der Waals surface area contributed by atoms with Crippen LogP contribution in [-0.2, 0) is 12.9 Å². The molecule has 1 aromatic heterocycles. The summed E-state index contributed by atoms with van der Waals surface area (Å²) >= 11 is 8.10. The Balaban J connectivity index is 2.32. The molecule has 0 spiro atoms. The van der Waals surface area contributed by atoms with Crippen molar-refractivity contribution in [2.45, 2.75) is 24.4 Å². The number of hydrogen-bond acceptors (Lipinski definition) is 6. The van der Waals surface area contributed by atoms with E-state index in [1.54, 1.807) is 12.1 Å². The van der Waals surface area contributed by atoms with Crippen LogP contribution < -0.4 is 4.74 Å². The Labute approximate surface area is 150 Å². The first-order valence-corrected chi connectivity index (χ1v) is 7.78. The number of nitrogens with one attached hydrogen (secondary N) is 1. The molecule has 2 rings (SSSR count). The molecule has 2 aromatic rings. The normalized spacial score (nSPS) is 16.5. The molecule has 4 N–H and O–H groups in total. The summed E-state index contributed by atoms with van der Waals surface area (Å²) in [4.78, 5) is 14.1. The van der Waals surface area contributed by atoms with Gasteiger partial charge in [-0.05, 0) is 6.07 Å². The Morgan fingerprint density at radius 3 is 2.58 bits per heavy atom. The van der Waals surface area contributed by atoms with Crippen LogP contribution in [0.4, 0.5) is 0 Å². The molecule has 0 aliphatic carbocycles. The van der Waals surface area contributed by atoms with Crippen molar-refractivity contribution in [3.8, 4) is 5.88 Å². The molecular weight excluding hydrogens is 410 g/mol. The zero-order valence-corrected chi connectivity index (χ0v) is 14.5. The number of hydrogen-bond donors (Lipinski definition) is 4. The molecule has 0 amide bonds. The van der Waals surface area contributed by atoms with Gasteiger partial charge in [-0.1, -0.05) is 18.2 Å². The van der Waals surface area contributed by atoms with Crippen LogP contribution in [-0.4, -0.2) is 57.3 Å². The fourth-order valence-electron chi connectivity index (χ4n) is 2.21. The molecule has 10 heteroatoms. The second-order valence-electron chi connectivity index (χ2n) is 4.95. The van der Waals surface area contributed by atoms with Gasteiger partial charge in [0.15, 0.2) is 18.1 Å². The lowest BCUT2D eigenvalue weighted by molar-refractivity contribution is -0.158. The van der Waals surface area contributed by atoms with Gasteiger partial charge in [-0.15, -0.1) is 0 Å². The fourth-order valence-corrected chi connectivity index (χ4v) is 2.76. The highest BCUT2D eigenvalue weighted by Gasteiger charge is 2.41. The van der Waals surface area contributed by atoms with E-state index in [4.69, 9.17) is 25.5 Å². The van der Waals surface area contributed by atoms with Crippen LogP contribution in [0.3, 0.4) is 0 Å². The zero-order chi connectivity index (χ0) is 17.7. The summed E-state index contributed by atoms with van der Waals surface area (Å²) in [6.45, 7) is -0.554. The number of carbonyl (C=O) groups is 1. The predicted octanol–water partition coefficient (Wildman–Crippen LogP) is 1.59. The second kappa shape index (κ2) is 8.65. The van der Waals surface area contributed by atoms with E-state index in [-0.39, 0.29) is 5.88 Å². The summed E-state index contributed by atoms with van der Waals surface area (Å²) in [5.41, 5.74) is 0.759. The highest BCUT2D eigenvalue weighted by molar-refractivity contribution is 9.06. The molecule has 0 saturated carbocycles. The molecule has 0 aliphatic heterocycles. The van der Waals surface area contributed by atoms with E-state index in [0.29, 0.717) is 0 Å². The number of aliphatic hydroxyl groups is 2. The lowest BCUT2D eigenvalue weighted by Gasteiger charge is -2.30. The van der Waals surface area contributed by atoms with Crippen LogP contribution in [0, 0.1) is 0 Å². The van der Waals surface area contributed by atoms with Gasteiger partial charge in [0.05, 0.1) is 34.7 Å². The summed E-state index contributed by atoms with van der Waals surface area (Å²) in [6, 6.07) is 8.91. The van der Waals surface area contributed by atoms with Gasteiger partial charge in [0.1, 0.15) is 12.2 Å². The predicted molar refractivity (Wildman–Crippen MR) is 88.0 cm³/mol. The molecule has 4 atom stereocenters. The number of carboxylic acid groups (broad SMARTS) is 1. The van der Waals surface area contributed by atoms with Crippen LogP contribution >= 0.6 is 28.1 Å². The Kier molecular flexibility index (Phi) is 6.84. The average molecular weight is 425 g/mol. The quantitative estimate of drug-likeness (QED) is 0.482. The van der Waals surface area contributed by atoms with Gasteiger partial charge >= 0.3 is 5.97 Å². The van der Waals surface area contributed by atoms with Crippen molar-refractivity contribution in [2.75, 3.05) is 6.61 Å². The van der Waals surface area contributed by atoms with E-state index in [1.165, 1.54) is 0 Å². The topological polar surface area (TPSA) is 121 Å². The smallest absolute Gasteiger partial charge is 0.336 e. The van der Waals surface area contributed by atoms with E-state index >= 15 is 0 Å². The fraction of sp³-hybridized carbons (Fsp3) is 0.357. The third-order valence-corrected chi connectivity index (χ3v) is 4.11. The Bertz CT molecular complexity index is 645. The number of H-pyrrole nitrogens is 1. The van der Waals surface area contributed by atoms with Gasteiger partial charge in [0.25, 0.3) is 0 Å². The van der Waals surface area contributed by atoms with E-state index in [0.717, 1.165) is 10.9 Å². The molecule has 0 fully saturated rings. The molecule has 0 unspecified atom stereocenters. The molecule has 0 radical (unpaired) electrons. The number of aliphatic hydroxyl groups excluding tert-OH is 2. The minimum Gasteiger partial charge on any atom is -0.479 e. The van der Waals surface area contributed by atoms with Crippen molar-refractivity contribution in [1.29, 1.82) is 0 Å². The first-order valence-electron chi connectivity index (χ1n) is 6.82. The number of rotatable bonds is 9. The molecule has 0 bridgehead atoms. The van der Waals surface area contributed by atoms with Gasteiger partial charge < -0.3 is 25.0 Å². The lowest BCUT2D eigenvalue weighted by atomic mass is 10.0. The number of halogens is 2. The minimum atomic E-state index is -1.98. The highest BCUT2D eigenvalue weighted by atomic mass is 79.9. The molecule has 1 aromatic carbocycles. The SMILES string of the molecule is O=C(O)[C@H](O)[C@@H](Oc1cc2ccccc2[nH]1)[C@H](OCl)[C@@H](CO)OBr. The van der Waals surface area contributed by atoms with Crippen molar-refractivity contribution in [2.24, 2.45) is 0 Å². The Morgan fingerprint density at radius 2 is 2.04 bits per heavy atom. The van der Waals surface area contributed by atoms with Crippen LogP contribution in [0.2, 0.25) is 0 Å². The van der Waals surface area contributed by atoms with Crippen LogP contribution in [0.15, 0.2) is 30.3 Å². The lowest BCUT2D eigenvalue weighted by Crippen LogP contribution is -2.52. The number of fused-ring (bicyclic) bond motifs is 1. The number of para-hydroxylation sites is 1. The van der Waals surface area contributed by atoms with Crippen LogP contribution in [0.1, 0.15) is 0 Å². The van der Waals surface area contributed by atoms with E-state index in [1.807, 2.05) is 18.2 Å². The first-order chi connectivity index (χ1) is 11.5. The molecular formula is C14H15BrClNO7. The number of aromatic nitrogens is 1. The van der Waals surface area contributed by atoms with Gasteiger partial charge in [0.2, 0.25) is 0 Å². The van der Waals surface area contributed by atoms with Gasteiger partial charge in [-0.3, -0.25) is 8.12 Å². The van der Waals surface area contributed by atoms with E-state index in [2.05, 4.69) is 25.5 Å². The maximum absolute atomic E-state index is 11.2. The Hall–Kier alpha value is -1.36. The maximum Gasteiger partial charge on any atom is 0.336 e. The molecule has 132 valence electrons. The van der Waals surface area contributed by atoms with Gasteiger partial charge in [0, 0.05) is 17.0 Å². The number of aliphatic carboxylic acids is 1. The standard InChI is InChI=1S/C14H15BrClNO7/c15-23-9(6-18)12(24-16)13(11(19)14(20)21)22-10-5-7-3-1-2-4-8(7)17-10/h1-5,9,11-13,17-19H,6H2,(H,20,21)/t9-,11-,12-,13-/m1/s1. The van der Waals surface area contributed by atoms with Gasteiger partial charge in [-0.25, -0.2) is 4.79 Å². The monoisotopic (exact) mass is 423 g/mol. The van der Waals surface area contributed by atoms with Crippen molar-refractivity contribution < 1.29 is 33.0 Å². The third-order valence-electron chi connectivity index (χ3n) is 3.42. The van der Waals surface area contributed by atoms with Crippen LogP contribution in [0.25, 0.3) is 10.9 Å². The van der Waals surface area contributed by atoms with Crippen molar-refractivity contribution in [3.05, 3.63) is 30.3 Å². The maximum atomic E-state index is 11.2. The minimum absolute atomic E-state index is 0.200. The third kappa shape index (κ3) is 4.18. The zero-order valence-electron chi connectivity index (χ0n) is 12.1. The number of aromatic amines is 1. The van der Waals surface area contributed by atoms with Crippen LogP contribution in [0.5, 0.6) is 5.88 Å². The summed E-state index contributed by atoms with van der Waals surface area (Å²) in [6.07, 6.45) is -5.79. The van der Waals surface area contributed by atoms with E-state index in [9.17, 15) is 15.0 Å². The molecule has 8 nitrogen and oxygen atoms in total. The van der Waals surface area contributed by atoms with Crippen molar-refractivity contribution in [3.63, 3.8) is 0 Å². The number of ether oxygens (including phenoxy) is 1. The summed E-state index contributed by atoms with van der Waals surface area (Å²) in [5, 5.41) is 29.1. The molecule has 24 heavy (non-hydrogen) atoms. The average Bonchev–Trinajstić information content (AvgIpc) is 2.99. The number of benzene rings is 1. The highest BCUT2D eigenvalue weighted by Crippen LogP contribution is 2.25. The van der Waals surface area contributed by atoms with Gasteiger partial charge in [-0.2, -0.15) is 0 Å². The summed E-state index contributed by atoms with van der Waals surface area (Å²) in [5.74, 6) is -1.34. The van der Waals surface area contributed by atoms with E-state index < -0.39 is 37.0 Å². The van der Waals surface area contributed by atoms with Crippen molar-refractivity contribution >= 4 is 45.0 Å². The Morgan fingerprint density at radius 1 is 1.33 bits per heavy atom. The summed E-state index contributed by atoms with van der Waals surface area (Å²) in [7, 11) is 0. The second-order valence-corrected chi connectivity index (χ2v) is 5.50. The van der Waals surface area contributed by atoms with Crippen molar-refractivity contribution in [1.82, 2.24) is 4.98 Å².